The highest BCUT2D eigenvalue weighted by atomic mass is 16.4. The van der Waals surface area contributed by atoms with Crippen LogP contribution in [0.5, 0.6) is 0 Å². The van der Waals surface area contributed by atoms with Crippen molar-refractivity contribution < 1.29 is 44.4 Å². The number of carboxylic acid groups (broad SMARTS) is 4. The molecule has 0 radical (unpaired) electrons. The molecule has 1 fully saturated rings. The van der Waals surface area contributed by atoms with Crippen LogP contribution in [0.4, 0.5) is 0 Å². The number of rotatable bonds is 12. The number of carbonyl (C=O) groups is 5. The maximum absolute atomic E-state index is 13.1. The lowest BCUT2D eigenvalue weighted by Crippen LogP contribution is -2.55. The molecule has 0 bridgehead atoms. The van der Waals surface area contributed by atoms with E-state index in [1.54, 1.807) is 0 Å². The molecule has 1 atom stereocenters. The maximum atomic E-state index is 13.1. The molecule has 158 valence electrons. The second-order valence-corrected chi connectivity index (χ2v) is 7.68. The van der Waals surface area contributed by atoms with Crippen LogP contribution in [0.15, 0.2) is 0 Å². The highest BCUT2D eigenvalue weighted by Crippen LogP contribution is 2.61. The Kier molecular flexibility index (Phi) is 8.14. The van der Waals surface area contributed by atoms with E-state index in [1.807, 2.05) is 6.92 Å². The number of hydrogen-bond donors (Lipinski definition) is 4. The van der Waals surface area contributed by atoms with Gasteiger partial charge in [0.25, 0.3) is 0 Å². The minimum absolute atomic E-state index is 0.00174. The standard InChI is InChI=1S/C19H28O9/c1-12-2-3-13(20)19(10-6-16(25)26,11-7-17(27)28)18(12,8-4-14(21)22)9-5-15(23)24/h12H,2-11H2,1H3,(H,21,22)(H,23,24)(H,25,26)(H,27,28). The first kappa shape index (κ1) is 23.6. The third-order valence-electron chi connectivity index (χ3n) is 6.34. The van der Waals surface area contributed by atoms with E-state index in [-0.39, 0.29) is 69.5 Å². The Hall–Kier alpha value is -2.45. The van der Waals surface area contributed by atoms with Crippen LogP contribution in [-0.2, 0) is 24.0 Å². The van der Waals surface area contributed by atoms with Crippen LogP contribution < -0.4 is 0 Å². The van der Waals surface area contributed by atoms with E-state index in [4.69, 9.17) is 0 Å². The van der Waals surface area contributed by atoms with Crippen molar-refractivity contribution in [3.63, 3.8) is 0 Å². The summed E-state index contributed by atoms with van der Waals surface area (Å²) in [4.78, 5) is 58.1. The molecule has 1 unspecified atom stereocenters. The van der Waals surface area contributed by atoms with E-state index in [0.29, 0.717) is 6.42 Å². The lowest BCUT2D eigenvalue weighted by molar-refractivity contribution is -0.163. The minimum atomic E-state index is -1.37. The highest BCUT2D eigenvalue weighted by molar-refractivity contribution is 5.88. The zero-order chi connectivity index (χ0) is 21.5. The summed E-state index contributed by atoms with van der Waals surface area (Å²) in [6.07, 6.45) is -1.04. The molecule has 0 aromatic heterocycles. The van der Waals surface area contributed by atoms with Crippen molar-refractivity contribution in [2.45, 2.75) is 71.1 Å². The molecule has 0 aliphatic heterocycles. The Morgan fingerprint density at radius 1 is 0.786 bits per heavy atom. The van der Waals surface area contributed by atoms with Gasteiger partial charge in [-0.25, -0.2) is 0 Å². The van der Waals surface area contributed by atoms with Gasteiger partial charge in [-0.15, -0.1) is 0 Å². The van der Waals surface area contributed by atoms with Crippen molar-refractivity contribution in [3.05, 3.63) is 0 Å². The van der Waals surface area contributed by atoms with Crippen molar-refractivity contribution in [2.75, 3.05) is 0 Å². The van der Waals surface area contributed by atoms with Gasteiger partial charge < -0.3 is 20.4 Å². The third kappa shape index (κ3) is 5.30. The van der Waals surface area contributed by atoms with Crippen molar-refractivity contribution in [1.82, 2.24) is 0 Å². The summed E-state index contributed by atoms with van der Waals surface area (Å²) in [7, 11) is 0. The monoisotopic (exact) mass is 400 g/mol. The second-order valence-electron chi connectivity index (χ2n) is 7.68. The zero-order valence-corrected chi connectivity index (χ0v) is 16.0. The Bertz CT molecular complexity index is 601. The van der Waals surface area contributed by atoms with Gasteiger partial charge in [0.15, 0.2) is 0 Å². The van der Waals surface area contributed by atoms with Gasteiger partial charge in [0.2, 0.25) is 0 Å². The fourth-order valence-corrected chi connectivity index (χ4v) is 4.91. The van der Waals surface area contributed by atoms with Crippen molar-refractivity contribution in [1.29, 1.82) is 0 Å². The molecule has 9 nitrogen and oxygen atoms in total. The van der Waals surface area contributed by atoms with Crippen LogP contribution in [0.2, 0.25) is 0 Å². The normalized spacial score (nSPS) is 20.5. The van der Waals surface area contributed by atoms with Crippen LogP contribution in [0.1, 0.15) is 71.1 Å². The van der Waals surface area contributed by atoms with Crippen LogP contribution in [-0.4, -0.2) is 50.1 Å². The Morgan fingerprint density at radius 2 is 1.14 bits per heavy atom. The Balaban J connectivity index is 3.54. The van der Waals surface area contributed by atoms with Crippen molar-refractivity contribution in [3.8, 4) is 0 Å². The zero-order valence-electron chi connectivity index (χ0n) is 16.0. The molecule has 1 aliphatic rings. The van der Waals surface area contributed by atoms with Gasteiger partial charge in [-0.1, -0.05) is 6.92 Å². The largest absolute Gasteiger partial charge is 0.481 e. The van der Waals surface area contributed by atoms with E-state index in [0.717, 1.165) is 0 Å². The number of carboxylic acids is 4. The molecule has 4 N–H and O–H groups in total. The van der Waals surface area contributed by atoms with Crippen molar-refractivity contribution >= 4 is 29.7 Å². The predicted molar refractivity (Wildman–Crippen MR) is 95.8 cm³/mol. The minimum Gasteiger partial charge on any atom is -0.481 e. The van der Waals surface area contributed by atoms with Crippen LogP contribution in [0, 0.1) is 16.7 Å². The molecule has 28 heavy (non-hydrogen) atoms. The number of Topliss-reactive ketones (excluding diaryl/α,β-unsaturated/α-hetero) is 1. The summed E-state index contributed by atoms with van der Waals surface area (Å²) in [6, 6.07) is 0. The van der Waals surface area contributed by atoms with Crippen LogP contribution in [0.3, 0.4) is 0 Å². The average molecular weight is 400 g/mol. The maximum Gasteiger partial charge on any atom is 0.303 e. The van der Waals surface area contributed by atoms with Gasteiger partial charge in [0.05, 0.1) is 0 Å². The van der Waals surface area contributed by atoms with Gasteiger partial charge in [-0.2, -0.15) is 0 Å². The van der Waals surface area contributed by atoms with Crippen LogP contribution >= 0.6 is 0 Å². The molecule has 0 saturated heterocycles. The van der Waals surface area contributed by atoms with E-state index in [2.05, 4.69) is 0 Å². The van der Waals surface area contributed by atoms with Gasteiger partial charge >= 0.3 is 23.9 Å². The quantitative estimate of drug-likeness (QED) is 0.384. The topological polar surface area (TPSA) is 166 Å². The Labute approximate surface area is 162 Å². The highest BCUT2D eigenvalue weighted by Gasteiger charge is 2.59. The van der Waals surface area contributed by atoms with E-state index >= 15 is 0 Å². The van der Waals surface area contributed by atoms with Crippen molar-refractivity contribution in [2.24, 2.45) is 16.7 Å². The SMILES string of the molecule is CC1CCC(=O)C(CCC(=O)O)(CCC(=O)O)C1(CCC(=O)O)CCC(=O)O. The van der Waals surface area contributed by atoms with Gasteiger partial charge in [-0.05, 0) is 43.4 Å². The summed E-state index contributed by atoms with van der Waals surface area (Å²) in [6.45, 7) is 1.81. The summed E-state index contributed by atoms with van der Waals surface area (Å²) in [5.74, 6) is -5.04. The molecule has 1 rings (SSSR count). The smallest absolute Gasteiger partial charge is 0.303 e. The first-order chi connectivity index (χ1) is 13.0. The molecular formula is C19H28O9. The fourth-order valence-electron chi connectivity index (χ4n) is 4.91. The third-order valence-corrected chi connectivity index (χ3v) is 6.34. The van der Waals surface area contributed by atoms with E-state index in [9.17, 15) is 44.4 Å². The predicted octanol–water partition coefficient (Wildman–Crippen LogP) is 2.42. The molecular weight excluding hydrogens is 372 g/mol. The summed E-state index contributed by atoms with van der Waals surface area (Å²) in [5, 5.41) is 36.8. The Morgan fingerprint density at radius 3 is 1.50 bits per heavy atom. The number of hydrogen-bond acceptors (Lipinski definition) is 5. The molecule has 0 aromatic rings. The number of ketones is 1. The summed E-state index contributed by atoms with van der Waals surface area (Å²) < 4.78 is 0. The van der Waals surface area contributed by atoms with Crippen LogP contribution in [0.25, 0.3) is 0 Å². The summed E-state index contributed by atoms with van der Waals surface area (Å²) in [5.41, 5.74) is -2.45. The first-order valence-corrected chi connectivity index (χ1v) is 9.37. The fraction of sp³-hybridized carbons (Fsp3) is 0.737. The number of aliphatic carboxylic acids is 4. The van der Waals surface area contributed by atoms with Gasteiger partial charge in [0, 0.05) is 37.5 Å². The van der Waals surface area contributed by atoms with E-state index < -0.39 is 34.7 Å². The molecule has 1 aliphatic carbocycles. The molecule has 0 amide bonds. The molecule has 0 heterocycles. The number of carbonyl (C=O) groups excluding carboxylic acids is 1. The first-order valence-electron chi connectivity index (χ1n) is 9.37. The second kappa shape index (κ2) is 9.66. The molecule has 1 saturated carbocycles. The molecule has 0 spiro atoms. The van der Waals surface area contributed by atoms with Gasteiger partial charge in [-0.3, -0.25) is 24.0 Å². The summed E-state index contributed by atoms with van der Waals surface area (Å²) >= 11 is 0. The molecule has 9 heteroatoms. The average Bonchev–Trinajstić information content (AvgIpc) is 2.59. The lowest BCUT2D eigenvalue weighted by atomic mass is 9.45. The van der Waals surface area contributed by atoms with Gasteiger partial charge in [0.1, 0.15) is 5.78 Å². The lowest BCUT2D eigenvalue weighted by Gasteiger charge is -2.56. The van der Waals surface area contributed by atoms with E-state index in [1.165, 1.54) is 0 Å². The molecule has 0 aromatic carbocycles.